The van der Waals surface area contributed by atoms with E-state index >= 15 is 0 Å². The minimum Gasteiger partial charge on any atom is -0.475 e. The molecule has 1 atom stereocenters. The van der Waals surface area contributed by atoms with Crippen molar-refractivity contribution >= 4 is 28.0 Å². The zero-order valence-corrected chi connectivity index (χ0v) is 11.9. The SMILES string of the molecule is CCOC(=O)C1=Cc2cc(Br)ccc2O[C@H]1C(F)(F)F. The van der Waals surface area contributed by atoms with Crippen LogP contribution in [-0.4, -0.2) is 24.9 Å². The Labute approximate surface area is 121 Å². The lowest BCUT2D eigenvalue weighted by Crippen LogP contribution is -2.40. The van der Waals surface area contributed by atoms with E-state index in [-0.39, 0.29) is 12.4 Å². The Morgan fingerprint density at radius 2 is 2.15 bits per heavy atom. The third-order valence-corrected chi connectivity index (χ3v) is 3.11. The van der Waals surface area contributed by atoms with Gasteiger partial charge in [-0.3, -0.25) is 0 Å². The molecule has 1 aliphatic rings. The van der Waals surface area contributed by atoms with Crippen LogP contribution < -0.4 is 4.74 Å². The predicted molar refractivity (Wildman–Crippen MR) is 69.2 cm³/mol. The Bertz CT molecular complexity index is 566. The molecule has 1 aromatic carbocycles. The summed E-state index contributed by atoms with van der Waals surface area (Å²) in [4.78, 5) is 11.7. The Hall–Kier alpha value is -1.50. The standard InChI is InChI=1S/C13H10BrF3O3/c1-2-19-12(18)9-6-7-5-8(14)3-4-10(7)20-11(9)13(15,16)17/h3-6,11H,2H2,1H3/t11-/m1/s1. The second-order valence-corrected chi connectivity index (χ2v) is 4.96. The first kappa shape index (κ1) is 14.9. The molecule has 7 heteroatoms. The number of rotatable bonds is 2. The zero-order chi connectivity index (χ0) is 14.9. The number of hydrogen-bond donors (Lipinski definition) is 0. The maximum absolute atomic E-state index is 13.0. The normalized spacial score (nSPS) is 17.9. The summed E-state index contributed by atoms with van der Waals surface area (Å²) in [6, 6.07) is 4.55. The van der Waals surface area contributed by atoms with Crippen molar-refractivity contribution in [2.75, 3.05) is 6.61 Å². The average molecular weight is 351 g/mol. The zero-order valence-electron chi connectivity index (χ0n) is 10.3. The molecule has 0 fully saturated rings. The molecule has 0 unspecified atom stereocenters. The van der Waals surface area contributed by atoms with Gasteiger partial charge in [-0.15, -0.1) is 0 Å². The first-order valence-corrected chi connectivity index (χ1v) is 6.54. The highest BCUT2D eigenvalue weighted by atomic mass is 79.9. The van der Waals surface area contributed by atoms with E-state index in [1.807, 2.05) is 0 Å². The number of carbonyl (C=O) groups is 1. The molecule has 0 spiro atoms. The maximum Gasteiger partial charge on any atom is 0.430 e. The van der Waals surface area contributed by atoms with Crippen molar-refractivity contribution in [2.24, 2.45) is 0 Å². The molecule has 0 N–H and O–H groups in total. The van der Waals surface area contributed by atoms with Crippen LogP contribution in [0.15, 0.2) is 28.2 Å². The summed E-state index contributed by atoms with van der Waals surface area (Å²) < 4.78 is 49.2. The van der Waals surface area contributed by atoms with Crippen LogP contribution in [0, 0.1) is 0 Å². The summed E-state index contributed by atoms with van der Waals surface area (Å²) in [5, 5.41) is 0. The van der Waals surface area contributed by atoms with Gasteiger partial charge in [0.1, 0.15) is 5.75 Å². The molecule has 0 saturated heterocycles. The number of benzene rings is 1. The van der Waals surface area contributed by atoms with Gasteiger partial charge in [0, 0.05) is 10.0 Å². The molecule has 3 nitrogen and oxygen atoms in total. The fourth-order valence-corrected chi connectivity index (χ4v) is 2.18. The van der Waals surface area contributed by atoms with Crippen LogP contribution in [-0.2, 0) is 9.53 Å². The van der Waals surface area contributed by atoms with E-state index in [1.54, 1.807) is 12.1 Å². The lowest BCUT2D eigenvalue weighted by Gasteiger charge is -2.27. The summed E-state index contributed by atoms with van der Waals surface area (Å²) >= 11 is 3.21. The van der Waals surface area contributed by atoms with Crippen LogP contribution in [0.1, 0.15) is 12.5 Å². The summed E-state index contributed by atoms with van der Waals surface area (Å²) in [7, 11) is 0. The number of esters is 1. The van der Waals surface area contributed by atoms with E-state index in [2.05, 4.69) is 20.7 Å². The van der Waals surface area contributed by atoms with Crippen molar-refractivity contribution in [1.29, 1.82) is 0 Å². The molecule has 0 aromatic heterocycles. The molecule has 0 aliphatic carbocycles. The molecule has 0 bridgehead atoms. The summed E-state index contributed by atoms with van der Waals surface area (Å²) in [5.41, 5.74) is -0.159. The number of fused-ring (bicyclic) bond motifs is 1. The highest BCUT2D eigenvalue weighted by Gasteiger charge is 2.48. The number of hydrogen-bond acceptors (Lipinski definition) is 3. The number of ether oxygens (including phenoxy) is 2. The molecule has 0 amide bonds. The molecule has 20 heavy (non-hydrogen) atoms. The van der Waals surface area contributed by atoms with Crippen LogP contribution in [0.5, 0.6) is 5.75 Å². The molecule has 1 aliphatic heterocycles. The lowest BCUT2D eigenvalue weighted by molar-refractivity contribution is -0.187. The molecule has 2 rings (SSSR count). The van der Waals surface area contributed by atoms with Crippen LogP contribution >= 0.6 is 15.9 Å². The van der Waals surface area contributed by atoms with Crippen molar-refractivity contribution in [1.82, 2.24) is 0 Å². The second kappa shape index (κ2) is 5.47. The number of halogens is 4. The van der Waals surface area contributed by atoms with Crippen LogP contribution in [0.3, 0.4) is 0 Å². The number of carbonyl (C=O) groups excluding carboxylic acids is 1. The third kappa shape index (κ3) is 2.98. The maximum atomic E-state index is 13.0. The van der Waals surface area contributed by atoms with Crippen LogP contribution in [0.4, 0.5) is 13.2 Å². The number of alkyl halides is 3. The Morgan fingerprint density at radius 1 is 1.45 bits per heavy atom. The van der Waals surface area contributed by atoms with E-state index in [9.17, 15) is 18.0 Å². The van der Waals surface area contributed by atoms with Gasteiger partial charge in [0.15, 0.2) is 0 Å². The van der Waals surface area contributed by atoms with E-state index in [4.69, 9.17) is 4.74 Å². The molecule has 108 valence electrons. The fraction of sp³-hybridized carbons (Fsp3) is 0.308. The second-order valence-electron chi connectivity index (χ2n) is 4.04. The van der Waals surface area contributed by atoms with Crippen molar-refractivity contribution in [3.8, 4) is 5.75 Å². The largest absolute Gasteiger partial charge is 0.475 e. The van der Waals surface area contributed by atoms with Gasteiger partial charge in [-0.05, 0) is 31.2 Å². The molecular weight excluding hydrogens is 341 g/mol. The van der Waals surface area contributed by atoms with Gasteiger partial charge in [-0.1, -0.05) is 15.9 Å². The van der Waals surface area contributed by atoms with Gasteiger partial charge in [-0.2, -0.15) is 13.2 Å². The summed E-state index contributed by atoms with van der Waals surface area (Å²) in [6.45, 7) is 1.52. The fourth-order valence-electron chi connectivity index (χ4n) is 1.80. The van der Waals surface area contributed by atoms with Gasteiger partial charge in [0.25, 0.3) is 0 Å². The van der Waals surface area contributed by atoms with E-state index in [1.165, 1.54) is 13.0 Å². The van der Waals surface area contributed by atoms with Gasteiger partial charge in [0.2, 0.25) is 6.10 Å². The predicted octanol–water partition coefficient (Wildman–Crippen LogP) is 3.72. The first-order valence-electron chi connectivity index (χ1n) is 5.74. The van der Waals surface area contributed by atoms with Gasteiger partial charge in [-0.25, -0.2) is 4.79 Å². The van der Waals surface area contributed by atoms with Gasteiger partial charge >= 0.3 is 12.1 Å². The third-order valence-electron chi connectivity index (χ3n) is 2.62. The van der Waals surface area contributed by atoms with Crippen LogP contribution in [0.2, 0.25) is 0 Å². The lowest BCUT2D eigenvalue weighted by atomic mass is 10.0. The van der Waals surface area contributed by atoms with Crippen molar-refractivity contribution in [2.45, 2.75) is 19.2 Å². The van der Waals surface area contributed by atoms with Crippen molar-refractivity contribution in [3.05, 3.63) is 33.8 Å². The molecule has 0 saturated carbocycles. The average Bonchev–Trinajstić information content (AvgIpc) is 2.36. The Kier molecular flexibility index (Phi) is 4.08. The minimum atomic E-state index is -4.69. The van der Waals surface area contributed by atoms with Gasteiger partial charge in [0.05, 0.1) is 12.2 Å². The summed E-state index contributed by atoms with van der Waals surface area (Å²) in [5.74, 6) is -0.955. The summed E-state index contributed by atoms with van der Waals surface area (Å²) in [6.07, 6.45) is -5.85. The van der Waals surface area contributed by atoms with Crippen molar-refractivity contribution in [3.63, 3.8) is 0 Å². The molecule has 1 heterocycles. The van der Waals surface area contributed by atoms with Crippen LogP contribution in [0.25, 0.3) is 6.08 Å². The Balaban J connectivity index is 2.48. The van der Waals surface area contributed by atoms with Gasteiger partial charge < -0.3 is 9.47 Å². The monoisotopic (exact) mass is 350 g/mol. The Morgan fingerprint density at radius 3 is 2.75 bits per heavy atom. The molecular formula is C13H10BrF3O3. The van der Waals surface area contributed by atoms with Crippen molar-refractivity contribution < 1.29 is 27.4 Å². The topological polar surface area (TPSA) is 35.5 Å². The van der Waals surface area contributed by atoms with E-state index in [0.29, 0.717) is 10.0 Å². The van der Waals surface area contributed by atoms with E-state index in [0.717, 1.165) is 6.08 Å². The quantitative estimate of drug-likeness (QED) is 0.762. The minimum absolute atomic E-state index is 0.00785. The molecule has 1 aromatic rings. The van der Waals surface area contributed by atoms with E-state index < -0.39 is 23.8 Å². The molecule has 0 radical (unpaired) electrons. The highest BCUT2D eigenvalue weighted by molar-refractivity contribution is 9.10. The highest BCUT2D eigenvalue weighted by Crippen LogP contribution is 2.38. The smallest absolute Gasteiger partial charge is 0.430 e. The first-order chi connectivity index (χ1) is 9.32.